The molecule has 0 aliphatic carbocycles. The third kappa shape index (κ3) is 6.25. The molecule has 0 fully saturated rings. The average molecular weight is 397 g/mol. The third-order valence-corrected chi connectivity index (χ3v) is 4.98. The minimum atomic E-state index is 0.371. The van der Waals surface area contributed by atoms with Crippen LogP contribution in [0.5, 0.6) is 11.5 Å². The molecule has 0 aliphatic rings. The van der Waals surface area contributed by atoms with Crippen LogP contribution in [-0.4, -0.2) is 10.2 Å². The van der Waals surface area contributed by atoms with Gasteiger partial charge in [0.1, 0.15) is 11.5 Å². The Kier molecular flexibility index (Phi) is 7.29. The summed E-state index contributed by atoms with van der Waals surface area (Å²) in [6.45, 7) is 3.90. The lowest BCUT2D eigenvalue weighted by Gasteiger charge is -2.08. The van der Waals surface area contributed by atoms with E-state index in [1.54, 1.807) is 12.1 Å². The molecular formula is C28H28O2. The number of rotatable bonds is 4. The van der Waals surface area contributed by atoms with Crippen LogP contribution in [0.15, 0.2) is 97.1 Å². The van der Waals surface area contributed by atoms with Gasteiger partial charge in [-0.05, 0) is 60.2 Å². The second-order valence-electron chi connectivity index (χ2n) is 7.58. The van der Waals surface area contributed by atoms with Crippen molar-refractivity contribution in [2.75, 3.05) is 0 Å². The molecule has 0 heterocycles. The summed E-state index contributed by atoms with van der Waals surface area (Å²) in [6, 6.07) is 32.1. The van der Waals surface area contributed by atoms with Crippen LogP contribution in [0.4, 0.5) is 0 Å². The van der Waals surface area contributed by atoms with Crippen LogP contribution >= 0.6 is 0 Å². The van der Waals surface area contributed by atoms with Gasteiger partial charge in [-0.1, -0.05) is 90.5 Å². The molecule has 0 amide bonds. The topological polar surface area (TPSA) is 40.5 Å². The molecule has 0 radical (unpaired) electrons. The van der Waals surface area contributed by atoms with Crippen LogP contribution in [0.3, 0.4) is 0 Å². The zero-order valence-electron chi connectivity index (χ0n) is 17.5. The quantitative estimate of drug-likeness (QED) is 0.409. The maximum absolute atomic E-state index is 10.1. The van der Waals surface area contributed by atoms with Crippen molar-refractivity contribution in [2.45, 2.75) is 26.7 Å². The van der Waals surface area contributed by atoms with Gasteiger partial charge in [0, 0.05) is 6.42 Å². The molecule has 0 atom stereocenters. The predicted octanol–water partition coefficient (Wildman–Crippen LogP) is 6.58. The highest BCUT2D eigenvalue weighted by molar-refractivity contribution is 5.41. The summed E-state index contributed by atoms with van der Waals surface area (Å²) in [5, 5.41) is 19.1. The smallest absolute Gasteiger partial charge is 0.119 e. The Hall–Kier alpha value is -3.52. The first kappa shape index (κ1) is 21.2. The highest BCUT2D eigenvalue weighted by Crippen LogP contribution is 2.23. The zero-order valence-corrected chi connectivity index (χ0v) is 17.5. The summed E-state index contributed by atoms with van der Waals surface area (Å²) in [6.07, 6.45) is 1.65. The van der Waals surface area contributed by atoms with Crippen molar-refractivity contribution in [3.63, 3.8) is 0 Å². The van der Waals surface area contributed by atoms with E-state index in [-0.39, 0.29) is 0 Å². The second-order valence-corrected chi connectivity index (χ2v) is 7.58. The van der Waals surface area contributed by atoms with E-state index in [9.17, 15) is 5.11 Å². The molecule has 0 saturated carbocycles. The fourth-order valence-corrected chi connectivity index (χ4v) is 3.34. The molecule has 2 nitrogen and oxygen atoms in total. The van der Waals surface area contributed by atoms with E-state index in [0.29, 0.717) is 11.5 Å². The van der Waals surface area contributed by atoms with Gasteiger partial charge in [-0.2, -0.15) is 0 Å². The fraction of sp³-hybridized carbons (Fsp3) is 0.143. The van der Waals surface area contributed by atoms with E-state index >= 15 is 0 Å². The number of benzene rings is 4. The SMILES string of the molecule is Cc1ccc(O)c(C)c1.Oc1ccc(Cc2ccccc2)cc1Cc1ccccc1. The lowest BCUT2D eigenvalue weighted by Crippen LogP contribution is -1.93. The second kappa shape index (κ2) is 10.3. The van der Waals surface area contributed by atoms with E-state index in [0.717, 1.165) is 24.0 Å². The molecule has 0 saturated heterocycles. The van der Waals surface area contributed by atoms with Crippen molar-refractivity contribution in [1.82, 2.24) is 0 Å². The predicted molar refractivity (Wildman–Crippen MR) is 124 cm³/mol. The first-order chi connectivity index (χ1) is 14.5. The third-order valence-electron chi connectivity index (χ3n) is 4.98. The summed E-state index contributed by atoms with van der Waals surface area (Å²) < 4.78 is 0. The lowest BCUT2D eigenvalue weighted by molar-refractivity contribution is 0.469. The van der Waals surface area contributed by atoms with Crippen molar-refractivity contribution in [1.29, 1.82) is 0 Å². The number of aromatic hydroxyl groups is 2. The van der Waals surface area contributed by atoms with Gasteiger partial charge >= 0.3 is 0 Å². The van der Waals surface area contributed by atoms with Gasteiger partial charge in [0.25, 0.3) is 0 Å². The molecule has 0 unspecified atom stereocenters. The Labute approximate surface area is 179 Å². The standard InChI is InChI=1S/C20H18O.C8H10O/c21-20-12-11-18(13-16-7-3-1-4-8-16)15-19(20)14-17-9-5-2-6-10-17;1-6-3-4-8(9)7(2)5-6/h1-12,15,21H,13-14H2;3-5,9H,1-2H3. The first-order valence-corrected chi connectivity index (χ1v) is 10.2. The summed E-state index contributed by atoms with van der Waals surface area (Å²) in [7, 11) is 0. The van der Waals surface area contributed by atoms with E-state index in [1.165, 1.54) is 22.3 Å². The molecule has 2 N–H and O–H groups in total. The lowest BCUT2D eigenvalue weighted by atomic mass is 9.98. The largest absolute Gasteiger partial charge is 0.508 e. The van der Waals surface area contributed by atoms with Gasteiger partial charge < -0.3 is 10.2 Å². The molecule has 0 bridgehead atoms. The van der Waals surface area contributed by atoms with E-state index in [4.69, 9.17) is 5.11 Å². The zero-order chi connectivity index (χ0) is 21.3. The molecule has 0 aliphatic heterocycles. The number of hydrogen-bond acceptors (Lipinski definition) is 2. The molecule has 30 heavy (non-hydrogen) atoms. The van der Waals surface area contributed by atoms with Crippen LogP contribution in [0.2, 0.25) is 0 Å². The molecule has 4 rings (SSSR count). The summed E-state index contributed by atoms with van der Waals surface area (Å²) in [5.74, 6) is 0.747. The van der Waals surface area contributed by atoms with Crippen molar-refractivity contribution in [3.8, 4) is 11.5 Å². The fourth-order valence-electron chi connectivity index (χ4n) is 3.34. The Morgan fingerprint density at radius 2 is 1.10 bits per heavy atom. The molecule has 0 aromatic heterocycles. The molecule has 152 valence electrons. The minimum absolute atomic E-state index is 0.371. The van der Waals surface area contributed by atoms with Crippen molar-refractivity contribution in [2.24, 2.45) is 0 Å². The maximum Gasteiger partial charge on any atom is 0.119 e. The molecule has 2 heteroatoms. The number of phenols is 2. The first-order valence-electron chi connectivity index (χ1n) is 10.2. The summed E-state index contributed by atoms with van der Waals surface area (Å²) >= 11 is 0. The van der Waals surface area contributed by atoms with Gasteiger partial charge in [-0.3, -0.25) is 0 Å². The number of aryl methyl sites for hydroxylation is 2. The van der Waals surface area contributed by atoms with Crippen molar-refractivity contribution in [3.05, 3.63) is 130 Å². The summed E-state index contributed by atoms with van der Waals surface area (Å²) in [5.41, 5.74) is 6.83. The monoisotopic (exact) mass is 396 g/mol. The van der Waals surface area contributed by atoms with Gasteiger partial charge in [0.15, 0.2) is 0 Å². The van der Waals surface area contributed by atoms with Crippen LogP contribution in [-0.2, 0) is 12.8 Å². The van der Waals surface area contributed by atoms with Crippen molar-refractivity contribution < 1.29 is 10.2 Å². The Morgan fingerprint density at radius 3 is 1.67 bits per heavy atom. The van der Waals surface area contributed by atoms with Crippen LogP contribution in [0, 0.1) is 13.8 Å². The Bertz CT molecular complexity index is 1070. The Morgan fingerprint density at radius 1 is 0.533 bits per heavy atom. The minimum Gasteiger partial charge on any atom is -0.508 e. The van der Waals surface area contributed by atoms with E-state index in [1.807, 2.05) is 56.3 Å². The highest BCUT2D eigenvalue weighted by Gasteiger charge is 2.05. The maximum atomic E-state index is 10.1. The summed E-state index contributed by atoms with van der Waals surface area (Å²) in [4.78, 5) is 0. The van der Waals surface area contributed by atoms with Gasteiger partial charge in [0.05, 0.1) is 0 Å². The van der Waals surface area contributed by atoms with Gasteiger partial charge in [0.2, 0.25) is 0 Å². The van der Waals surface area contributed by atoms with E-state index < -0.39 is 0 Å². The van der Waals surface area contributed by atoms with Gasteiger partial charge in [-0.25, -0.2) is 0 Å². The molecule has 4 aromatic rings. The highest BCUT2D eigenvalue weighted by atomic mass is 16.3. The average Bonchev–Trinajstić information content (AvgIpc) is 2.75. The van der Waals surface area contributed by atoms with Crippen LogP contribution < -0.4 is 0 Å². The van der Waals surface area contributed by atoms with Gasteiger partial charge in [-0.15, -0.1) is 0 Å². The molecule has 4 aromatic carbocycles. The van der Waals surface area contributed by atoms with Crippen LogP contribution in [0.1, 0.15) is 33.4 Å². The number of phenolic OH excluding ortho intramolecular Hbond substituents is 2. The molecule has 0 spiro atoms. The van der Waals surface area contributed by atoms with Crippen molar-refractivity contribution >= 4 is 0 Å². The van der Waals surface area contributed by atoms with Crippen LogP contribution in [0.25, 0.3) is 0 Å². The van der Waals surface area contributed by atoms with E-state index in [2.05, 4.69) is 42.5 Å². The number of hydrogen-bond donors (Lipinski definition) is 2. The Balaban J connectivity index is 0.000000239. The molecular weight excluding hydrogens is 368 g/mol. The normalized spacial score (nSPS) is 10.2.